The molecule has 5 unspecified atom stereocenters. The van der Waals surface area contributed by atoms with E-state index < -0.39 is 12.4 Å². The summed E-state index contributed by atoms with van der Waals surface area (Å²) in [6, 6.07) is 24.8. The summed E-state index contributed by atoms with van der Waals surface area (Å²) in [4.78, 5) is 25.5. The maximum atomic E-state index is 12.5. The number of likely N-dealkylation sites (N-methyl/N-ethyl adjacent to an activating group) is 1. The van der Waals surface area contributed by atoms with Crippen molar-refractivity contribution in [2.45, 2.75) is 83.2 Å². The standard InChI is InChI=1S/C36H47N3O6/c1-25(35(43)29-10-6-4-7-11-29)39(3)23-32-22-33(28-15-13-27(24-40)14-16-28)45-36(44-32)30-17-19-31(20-18-30)38-34(42)12-8-5-9-21-37-26(2)41/h4,6-7,10-11,13-20,25,32-33,35-36,40,43H,5,8-9,12,21-24H2,1-3H3,(H,37,41)(H,38,42). The number of aliphatic hydroxyl groups is 2. The van der Waals surface area contributed by atoms with E-state index in [4.69, 9.17) is 9.47 Å². The number of carbonyl (C=O) groups is 2. The van der Waals surface area contributed by atoms with E-state index in [-0.39, 0.29) is 36.7 Å². The topological polar surface area (TPSA) is 120 Å². The van der Waals surface area contributed by atoms with Gasteiger partial charge >= 0.3 is 0 Å². The Bertz CT molecular complexity index is 1340. The molecule has 9 heteroatoms. The van der Waals surface area contributed by atoms with E-state index in [0.29, 0.717) is 31.6 Å². The molecule has 0 radical (unpaired) electrons. The Morgan fingerprint density at radius 3 is 2.29 bits per heavy atom. The Morgan fingerprint density at radius 1 is 0.933 bits per heavy atom. The van der Waals surface area contributed by atoms with Crippen molar-refractivity contribution in [3.8, 4) is 0 Å². The highest BCUT2D eigenvalue weighted by Gasteiger charge is 2.34. The highest BCUT2D eigenvalue weighted by atomic mass is 16.7. The van der Waals surface area contributed by atoms with E-state index in [0.717, 1.165) is 41.5 Å². The van der Waals surface area contributed by atoms with Crippen LogP contribution in [0.4, 0.5) is 5.69 Å². The number of hydrogen-bond donors (Lipinski definition) is 4. The van der Waals surface area contributed by atoms with Gasteiger partial charge in [-0.2, -0.15) is 0 Å². The lowest BCUT2D eigenvalue weighted by Gasteiger charge is -2.39. The zero-order valence-electron chi connectivity index (χ0n) is 26.5. The first-order valence-electron chi connectivity index (χ1n) is 15.8. The quantitative estimate of drug-likeness (QED) is 0.168. The molecule has 1 aliphatic rings. The Morgan fingerprint density at radius 2 is 1.62 bits per heavy atom. The number of hydrogen-bond acceptors (Lipinski definition) is 7. The highest BCUT2D eigenvalue weighted by molar-refractivity contribution is 5.90. The number of rotatable bonds is 15. The lowest BCUT2D eigenvalue weighted by molar-refractivity contribution is -0.253. The number of ether oxygens (including phenoxy) is 2. The predicted molar refractivity (Wildman–Crippen MR) is 174 cm³/mol. The highest BCUT2D eigenvalue weighted by Crippen LogP contribution is 2.38. The van der Waals surface area contributed by atoms with Crippen LogP contribution in [0.25, 0.3) is 0 Å². The van der Waals surface area contributed by atoms with Crippen LogP contribution >= 0.6 is 0 Å². The van der Waals surface area contributed by atoms with Crippen LogP contribution in [0.5, 0.6) is 0 Å². The first kappa shape index (κ1) is 34.3. The van der Waals surface area contributed by atoms with Gasteiger partial charge in [-0.15, -0.1) is 0 Å². The molecule has 9 nitrogen and oxygen atoms in total. The minimum atomic E-state index is -0.639. The third-order valence-corrected chi connectivity index (χ3v) is 8.32. The molecule has 0 saturated carbocycles. The van der Waals surface area contributed by atoms with Gasteiger partial charge in [-0.05, 0) is 55.6 Å². The summed E-state index contributed by atoms with van der Waals surface area (Å²) in [5.41, 5.74) is 4.26. The number of unbranched alkanes of at least 4 members (excludes halogenated alkanes) is 2. The van der Waals surface area contributed by atoms with Crippen molar-refractivity contribution in [2.75, 3.05) is 25.5 Å². The molecule has 4 N–H and O–H groups in total. The lowest BCUT2D eigenvalue weighted by atomic mass is 9.98. The molecular formula is C36H47N3O6. The SMILES string of the molecule is CC(=O)NCCCCCC(=O)Nc1ccc(C2OC(CN(C)C(C)C(O)c3ccccc3)CC(c3ccc(CO)cc3)O2)cc1. The number of benzene rings is 3. The van der Waals surface area contributed by atoms with Crippen molar-refractivity contribution in [1.29, 1.82) is 0 Å². The number of nitrogens with one attached hydrogen (secondary N) is 2. The van der Waals surface area contributed by atoms with Crippen molar-refractivity contribution < 1.29 is 29.3 Å². The van der Waals surface area contributed by atoms with E-state index in [1.807, 2.05) is 92.8 Å². The summed E-state index contributed by atoms with van der Waals surface area (Å²) >= 11 is 0. The number of aliphatic hydroxyl groups excluding tert-OH is 2. The van der Waals surface area contributed by atoms with E-state index in [1.54, 1.807) is 0 Å². The molecule has 3 aromatic rings. The molecule has 1 saturated heterocycles. The molecule has 0 aliphatic carbocycles. The monoisotopic (exact) mass is 617 g/mol. The van der Waals surface area contributed by atoms with Gasteiger partial charge in [0.2, 0.25) is 11.8 Å². The van der Waals surface area contributed by atoms with Crippen LogP contribution in [0.1, 0.15) is 86.7 Å². The molecule has 45 heavy (non-hydrogen) atoms. The molecule has 242 valence electrons. The van der Waals surface area contributed by atoms with Crippen LogP contribution in [-0.2, 0) is 25.7 Å². The molecule has 3 aromatic carbocycles. The van der Waals surface area contributed by atoms with Gasteiger partial charge in [0.15, 0.2) is 6.29 Å². The van der Waals surface area contributed by atoms with Crippen molar-refractivity contribution in [3.63, 3.8) is 0 Å². The summed E-state index contributed by atoms with van der Waals surface area (Å²) in [7, 11) is 2.00. The van der Waals surface area contributed by atoms with Crippen molar-refractivity contribution in [2.24, 2.45) is 0 Å². The number of nitrogens with zero attached hydrogens (tertiary/aromatic N) is 1. The summed E-state index contributed by atoms with van der Waals surface area (Å²) < 4.78 is 13.0. The summed E-state index contributed by atoms with van der Waals surface area (Å²) in [6.45, 7) is 4.71. The minimum absolute atomic E-state index is 0.0198. The third-order valence-electron chi connectivity index (χ3n) is 8.32. The van der Waals surface area contributed by atoms with Gasteiger partial charge in [-0.25, -0.2) is 0 Å². The lowest BCUT2D eigenvalue weighted by Crippen LogP contribution is -2.43. The number of anilines is 1. The van der Waals surface area contributed by atoms with Crippen LogP contribution < -0.4 is 10.6 Å². The second kappa shape index (κ2) is 17.2. The van der Waals surface area contributed by atoms with Gasteiger partial charge in [-0.3, -0.25) is 14.5 Å². The van der Waals surface area contributed by atoms with Crippen molar-refractivity contribution in [3.05, 3.63) is 101 Å². The molecular weight excluding hydrogens is 570 g/mol. The summed E-state index contributed by atoms with van der Waals surface area (Å²) in [6.07, 6.45) is 1.85. The smallest absolute Gasteiger partial charge is 0.224 e. The molecule has 4 rings (SSSR count). The Labute approximate surface area is 266 Å². The van der Waals surface area contributed by atoms with E-state index in [2.05, 4.69) is 15.5 Å². The van der Waals surface area contributed by atoms with Crippen molar-refractivity contribution >= 4 is 17.5 Å². The average molecular weight is 618 g/mol. The molecule has 1 fully saturated rings. The van der Waals surface area contributed by atoms with Gasteiger partial charge in [0.05, 0.1) is 24.9 Å². The fraction of sp³-hybridized carbons (Fsp3) is 0.444. The second-order valence-electron chi connectivity index (χ2n) is 11.8. The second-order valence-corrected chi connectivity index (χ2v) is 11.8. The molecule has 5 atom stereocenters. The molecule has 0 bridgehead atoms. The van der Waals surface area contributed by atoms with Gasteiger partial charge in [0.25, 0.3) is 0 Å². The average Bonchev–Trinajstić information content (AvgIpc) is 3.06. The van der Waals surface area contributed by atoms with E-state index in [9.17, 15) is 19.8 Å². The Balaban J connectivity index is 1.39. The Hall–Kier alpha value is -3.60. The van der Waals surface area contributed by atoms with Gasteiger partial charge in [-0.1, -0.05) is 73.2 Å². The maximum Gasteiger partial charge on any atom is 0.224 e. The minimum Gasteiger partial charge on any atom is -0.392 e. The van der Waals surface area contributed by atoms with E-state index >= 15 is 0 Å². The van der Waals surface area contributed by atoms with Crippen LogP contribution in [-0.4, -0.2) is 59.2 Å². The molecule has 2 amide bonds. The number of amides is 2. The molecule has 0 aromatic heterocycles. The van der Waals surface area contributed by atoms with Crippen molar-refractivity contribution in [1.82, 2.24) is 10.2 Å². The Kier molecular flexibility index (Phi) is 13.1. The summed E-state index contributed by atoms with van der Waals surface area (Å²) in [5, 5.41) is 26.2. The fourth-order valence-electron chi connectivity index (χ4n) is 5.49. The fourth-order valence-corrected chi connectivity index (χ4v) is 5.49. The zero-order valence-corrected chi connectivity index (χ0v) is 26.5. The normalized spacial score (nSPS) is 19.6. The summed E-state index contributed by atoms with van der Waals surface area (Å²) in [5.74, 6) is -0.0858. The van der Waals surface area contributed by atoms with Crippen LogP contribution in [0.2, 0.25) is 0 Å². The van der Waals surface area contributed by atoms with Gasteiger partial charge < -0.3 is 30.3 Å². The van der Waals surface area contributed by atoms with Crippen LogP contribution in [0.3, 0.4) is 0 Å². The molecule has 1 aliphatic heterocycles. The first-order chi connectivity index (χ1) is 21.7. The van der Waals surface area contributed by atoms with E-state index in [1.165, 1.54) is 6.92 Å². The number of carbonyl (C=O) groups excluding carboxylic acids is 2. The molecule has 0 spiro atoms. The predicted octanol–water partition coefficient (Wildman–Crippen LogP) is 5.41. The van der Waals surface area contributed by atoms with Crippen LogP contribution in [0, 0.1) is 0 Å². The zero-order chi connectivity index (χ0) is 32.2. The van der Waals surface area contributed by atoms with Crippen LogP contribution in [0.15, 0.2) is 78.9 Å². The first-order valence-corrected chi connectivity index (χ1v) is 15.8. The third kappa shape index (κ3) is 10.5. The molecule has 1 heterocycles. The van der Waals surface area contributed by atoms with Gasteiger partial charge in [0, 0.05) is 50.1 Å². The largest absolute Gasteiger partial charge is 0.392 e. The van der Waals surface area contributed by atoms with Gasteiger partial charge in [0.1, 0.15) is 0 Å². The maximum absolute atomic E-state index is 12.5.